The molecule has 66 valence electrons. The molecule has 2 heteroatoms. The molecule has 2 nitrogen and oxygen atoms in total. The highest BCUT2D eigenvalue weighted by Gasteiger charge is 2.56. The van der Waals surface area contributed by atoms with E-state index in [4.69, 9.17) is 5.26 Å². The average Bonchev–Trinajstić information content (AvgIpc) is 2.39. The first kappa shape index (κ1) is 9.25. The van der Waals surface area contributed by atoms with Crippen LogP contribution < -0.4 is 0 Å². The van der Waals surface area contributed by atoms with Crippen molar-refractivity contribution in [2.45, 2.75) is 33.6 Å². The first-order valence-electron chi connectivity index (χ1n) is 4.36. The predicted octanol–water partition coefficient (Wildman–Crippen LogP) is 2.15. The molecule has 1 aliphatic rings. The SMILES string of the molecule is CC(=O)CC1C(CC#N)C1(C)C. The first-order chi connectivity index (χ1) is 5.50. The fourth-order valence-corrected chi connectivity index (χ4v) is 2.08. The minimum absolute atomic E-state index is 0.224. The molecule has 1 fully saturated rings. The number of carbonyl (C=O) groups excluding carboxylic acids is 1. The summed E-state index contributed by atoms with van der Waals surface area (Å²) in [5.74, 6) is 1.15. The number of ketones is 1. The van der Waals surface area contributed by atoms with Crippen molar-refractivity contribution in [3.05, 3.63) is 0 Å². The third-order valence-electron chi connectivity index (χ3n) is 3.11. The normalized spacial score (nSPS) is 30.8. The van der Waals surface area contributed by atoms with Gasteiger partial charge in [0.05, 0.1) is 6.07 Å². The topological polar surface area (TPSA) is 40.9 Å². The molecule has 12 heavy (non-hydrogen) atoms. The minimum atomic E-state index is 0.224. The second kappa shape index (κ2) is 2.90. The fraction of sp³-hybridized carbons (Fsp3) is 0.800. The fourth-order valence-electron chi connectivity index (χ4n) is 2.08. The Morgan fingerprint density at radius 2 is 2.08 bits per heavy atom. The highest BCUT2D eigenvalue weighted by atomic mass is 16.1. The second-order valence-electron chi connectivity index (χ2n) is 4.30. The van der Waals surface area contributed by atoms with Gasteiger partial charge in [0.25, 0.3) is 0 Å². The van der Waals surface area contributed by atoms with E-state index in [1.165, 1.54) is 0 Å². The van der Waals surface area contributed by atoms with Gasteiger partial charge in [-0.2, -0.15) is 5.26 Å². The summed E-state index contributed by atoms with van der Waals surface area (Å²) in [6.45, 7) is 5.91. The summed E-state index contributed by atoms with van der Waals surface area (Å²) in [4.78, 5) is 10.8. The summed E-state index contributed by atoms with van der Waals surface area (Å²) in [5.41, 5.74) is 0.224. The van der Waals surface area contributed by atoms with E-state index in [0.29, 0.717) is 24.7 Å². The summed E-state index contributed by atoms with van der Waals surface area (Å²) in [7, 11) is 0. The van der Waals surface area contributed by atoms with Crippen molar-refractivity contribution in [2.75, 3.05) is 0 Å². The average molecular weight is 165 g/mol. The molecule has 0 heterocycles. The van der Waals surface area contributed by atoms with Crippen molar-refractivity contribution in [1.82, 2.24) is 0 Å². The van der Waals surface area contributed by atoms with Crippen LogP contribution in [0, 0.1) is 28.6 Å². The standard InChI is InChI=1S/C10H15NO/c1-7(12)6-9-8(4-5-11)10(9,2)3/h8-9H,4,6H2,1-3H3. The van der Waals surface area contributed by atoms with Gasteiger partial charge in [-0.3, -0.25) is 0 Å². The Morgan fingerprint density at radius 1 is 1.50 bits per heavy atom. The summed E-state index contributed by atoms with van der Waals surface area (Å²) in [5, 5.41) is 8.53. The molecule has 0 amide bonds. The van der Waals surface area contributed by atoms with Crippen LogP contribution in [0.15, 0.2) is 0 Å². The van der Waals surface area contributed by atoms with E-state index in [0.717, 1.165) is 0 Å². The zero-order valence-electron chi connectivity index (χ0n) is 7.92. The Hall–Kier alpha value is -0.840. The van der Waals surface area contributed by atoms with Gasteiger partial charge in [0.1, 0.15) is 5.78 Å². The van der Waals surface area contributed by atoms with Crippen molar-refractivity contribution < 1.29 is 4.79 Å². The van der Waals surface area contributed by atoms with Crippen LogP contribution >= 0.6 is 0 Å². The number of carbonyl (C=O) groups is 1. The summed E-state index contributed by atoms with van der Waals surface area (Å²) >= 11 is 0. The molecule has 0 spiro atoms. The number of hydrogen-bond acceptors (Lipinski definition) is 2. The summed E-state index contributed by atoms with van der Waals surface area (Å²) in [6, 6.07) is 2.18. The van der Waals surface area contributed by atoms with Gasteiger partial charge in [0.15, 0.2) is 0 Å². The van der Waals surface area contributed by atoms with E-state index in [1.54, 1.807) is 6.92 Å². The van der Waals surface area contributed by atoms with E-state index >= 15 is 0 Å². The van der Waals surface area contributed by atoms with Gasteiger partial charge in [0.2, 0.25) is 0 Å². The minimum Gasteiger partial charge on any atom is -0.300 e. The maximum absolute atomic E-state index is 10.8. The Bertz CT molecular complexity index is 237. The largest absolute Gasteiger partial charge is 0.300 e. The lowest BCUT2D eigenvalue weighted by molar-refractivity contribution is -0.117. The number of nitrogens with zero attached hydrogens (tertiary/aromatic N) is 1. The van der Waals surface area contributed by atoms with Crippen molar-refractivity contribution in [3.63, 3.8) is 0 Å². The Kier molecular flexibility index (Phi) is 2.23. The lowest BCUT2D eigenvalue weighted by atomic mass is 10.1. The molecule has 2 atom stereocenters. The van der Waals surface area contributed by atoms with Gasteiger partial charge in [-0.15, -0.1) is 0 Å². The van der Waals surface area contributed by atoms with Crippen molar-refractivity contribution in [3.8, 4) is 6.07 Å². The lowest BCUT2D eigenvalue weighted by Gasteiger charge is -1.98. The van der Waals surface area contributed by atoms with Crippen molar-refractivity contribution >= 4 is 5.78 Å². The van der Waals surface area contributed by atoms with Crippen molar-refractivity contribution in [1.29, 1.82) is 5.26 Å². The molecule has 2 unspecified atom stereocenters. The summed E-state index contributed by atoms with van der Waals surface area (Å²) in [6.07, 6.45) is 1.25. The summed E-state index contributed by atoms with van der Waals surface area (Å²) < 4.78 is 0. The first-order valence-corrected chi connectivity index (χ1v) is 4.36. The van der Waals surface area contributed by atoms with Crippen LogP contribution in [0.5, 0.6) is 0 Å². The van der Waals surface area contributed by atoms with E-state index in [1.807, 2.05) is 0 Å². The predicted molar refractivity (Wildman–Crippen MR) is 46.3 cm³/mol. The molecule has 1 saturated carbocycles. The van der Waals surface area contributed by atoms with Crippen LogP contribution in [0.2, 0.25) is 0 Å². The zero-order chi connectivity index (χ0) is 9.35. The van der Waals surface area contributed by atoms with Gasteiger partial charge in [-0.05, 0) is 24.2 Å². The highest BCUT2D eigenvalue weighted by Crippen LogP contribution is 2.61. The number of hydrogen-bond donors (Lipinski definition) is 0. The number of nitriles is 1. The second-order valence-corrected chi connectivity index (χ2v) is 4.30. The van der Waals surface area contributed by atoms with Crippen LogP contribution in [0.25, 0.3) is 0 Å². The Balaban J connectivity index is 2.49. The lowest BCUT2D eigenvalue weighted by Crippen LogP contribution is -1.96. The molecular weight excluding hydrogens is 150 g/mol. The zero-order valence-corrected chi connectivity index (χ0v) is 7.92. The maximum atomic E-state index is 10.8. The van der Waals surface area contributed by atoms with Crippen LogP contribution in [0.1, 0.15) is 33.6 Å². The van der Waals surface area contributed by atoms with Crippen LogP contribution in [0.3, 0.4) is 0 Å². The van der Waals surface area contributed by atoms with E-state index in [2.05, 4.69) is 19.9 Å². The Labute approximate surface area is 73.6 Å². The van der Waals surface area contributed by atoms with Gasteiger partial charge in [-0.1, -0.05) is 13.8 Å². The molecule has 0 aromatic heterocycles. The van der Waals surface area contributed by atoms with Gasteiger partial charge in [0, 0.05) is 12.8 Å². The third-order valence-corrected chi connectivity index (χ3v) is 3.11. The van der Waals surface area contributed by atoms with E-state index < -0.39 is 0 Å². The van der Waals surface area contributed by atoms with Gasteiger partial charge in [-0.25, -0.2) is 0 Å². The molecule has 0 saturated heterocycles. The molecule has 0 aliphatic heterocycles. The molecule has 1 rings (SSSR count). The van der Waals surface area contributed by atoms with Crippen LogP contribution in [0.4, 0.5) is 0 Å². The monoisotopic (exact) mass is 165 g/mol. The third kappa shape index (κ3) is 1.50. The maximum Gasteiger partial charge on any atom is 0.130 e. The van der Waals surface area contributed by atoms with E-state index in [-0.39, 0.29) is 11.2 Å². The molecule has 0 aromatic rings. The van der Waals surface area contributed by atoms with Crippen LogP contribution in [-0.2, 0) is 4.79 Å². The molecule has 0 bridgehead atoms. The van der Waals surface area contributed by atoms with Gasteiger partial charge >= 0.3 is 0 Å². The number of Topliss-reactive ketones (excluding diaryl/α,β-unsaturated/α-hetero) is 1. The molecule has 0 radical (unpaired) electrons. The van der Waals surface area contributed by atoms with Gasteiger partial charge < -0.3 is 4.79 Å². The molecule has 1 aliphatic carbocycles. The number of rotatable bonds is 3. The van der Waals surface area contributed by atoms with E-state index in [9.17, 15) is 4.79 Å². The molecule has 0 aromatic carbocycles. The Morgan fingerprint density at radius 3 is 2.50 bits per heavy atom. The van der Waals surface area contributed by atoms with Crippen molar-refractivity contribution in [2.24, 2.45) is 17.3 Å². The van der Waals surface area contributed by atoms with Crippen LogP contribution in [-0.4, -0.2) is 5.78 Å². The quantitative estimate of drug-likeness (QED) is 0.643. The molecular formula is C10H15NO. The molecule has 0 N–H and O–H groups in total. The highest BCUT2D eigenvalue weighted by molar-refractivity contribution is 5.76. The smallest absolute Gasteiger partial charge is 0.130 e.